The minimum Gasteiger partial charge on any atom is -0.422 e. The molecule has 1 aliphatic rings. The molecule has 0 atom stereocenters. The van der Waals surface area contributed by atoms with Crippen molar-refractivity contribution >= 4 is 29.3 Å². The molecule has 10 heteroatoms. The molecular weight excluding hydrogens is 592 g/mol. The van der Waals surface area contributed by atoms with Crippen molar-refractivity contribution in [1.82, 2.24) is 19.9 Å². The summed E-state index contributed by atoms with van der Waals surface area (Å²) in [6.07, 6.45) is 6.47. The van der Waals surface area contributed by atoms with Crippen molar-refractivity contribution in [2.45, 2.75) is 32.3 Å². The number of aromatic nitrogens is 3. The number of ether oxygens (including phenoxy) is 2. The second kappa shape index (κ2) is 15.1. The first-order valence-electron chi connectivity index (χ1n) is 15.6. The number of anilines is 3. The molecule has 1 fully saturated rings. The van der Waals surface area contributed by atoms with Crippen LogP contribution >= 0.6 is 0 Å². The average Bonchev–Trinajstić information content (AvgIpc) is 3.12. The minimum absolute atomic E-state index is 0.0730. The Morgan fingerprint density at radius 2 is 1.72 bits per heavy atom. The summed E-state index contributed by atoms with van der Waals surface area (Å²) in [7, 11) is 0. The highest BCUT2D eigenvalue weighted by Gasteiger charge is 2.25. The van der Waals surface area contributed by atoms with Crippen molar-refractivity contribution in [3.05, 3.63) is 132 Å². The smallest absolute Gasteiger partial charge is 0.411 e. The third-order valence-corrected chi connectivity index (χ3v) is 8.13. The predicted octanol–water partition coefficient (Wildman–Crippen LogP) is 7.33. The Labute approximate surface area is 273 Å². The summed E-state index contributed by atoms with van der Waals surface area (Å²) in [5.41, 5.74) is 6.76. The Balaban J connectivity index is 0.988. The Kier molecular flexibility index (Phi) is 10.1. The van der Waals surface area contributed by atoms with Gasteiger partial charge in [-0.1, -0.05) is 48.5 Å². The number of benzene rings is 3. The maximum Gasteiger partial charge on any atom is 0.411 e. The number of hydrogen-bond acceptors (Lipinski definition) is 8. The summed E-state index contributed by atoms with van der Waals surface area (Å²) in [6, 6.07) is 28.8. The fourth-order valence-corrected chi connectivity index (χ4v) is 5.47. The topological polar surface area (TPSA) is 119 Å². The number of hydrogen-bond donors (Lipinski definition) is 2. The predicted molar refractivity (Wildman–Crippen MR) is 180 cm³/mol. The molecule has 1 aliphatic heterocycles. The fourth-order valence-electron chi connectivity index (χ4n) is 5.47. The number of likely N-dealkylation sites (tertiary alicyclic amines) is 1. The molecular formula is C37H36N6O4. The van der Waals surface area contributed by atoms with Crippen molar-refractivity contribution < 1.29 is 19.1 Å². The molecule has 0 spiro atoms. The molecule has 5 aromatic rings. The van der Waals surface area contributed by atoms with E-state index in [1.807, 2.05) is 85.8 Å². The lowest BCUT2D eigenvalue weighted by Crippen LogP contribution is -2.38. The standard InChI is InChI=1S/C37H36N6O4/c1-26-9-10-30(22-34(26)42-36-39-19-15-33(41-36)31-8-5-18-38-23-31)35(44)40-32-13-11-28(12-14-32)29-16-20-43(21-17-29)37(45)47-25-46-24-27-6-3-2-4-7-27/h2-15,18-19,22-23,29H,16-17,20-21,24-25H2,1H3,(H,40,44)(H,39,41,42). The van der Waals surface area contributed by atoms with Crippen molar-refractivity contribution in [2.75, 3.05) is 30.5 Å². The normalized spacial score (nSPS) is 13.2. The Morgan fingerprint density at radius 1 is 0.915 bits per heavy atom. The van der Waals surface area contributed by atoms with Crippen molar-refractivity contribution in [2.24, 2.45) is 0 Å². The largest absolute Gasteiger partial charge is 0.422 e. The van der Waals surface area contributed by atoms with Crippen LogP contribution in [0.5, 0.6) is 0 Å². The molecule has 238 valence electrons. The number of carbonyl (C=O) groups is 2. The van der Waals surface area contributed by atoms with Gasteiger partial charge in [-0.25, -0.2) is 14.8 Å². The first-order chi connectivity index (χ1) is 23.0. The van der Waals surface area contributed by atoms with E-state index in [9.17, 15) is 9.59 Å². The first-order valence-corrected chi connectivity index (χ1v) is 15.6. The van der Waals surface area contributed by atoms with Crippen LogP contribution in [-0.2, 0) is 16.1 Å². The first kappa shape index (κ1) is 31.4. The molecule has 0 aliphatic carbocycles. The van der Waals surface area contributed by atoms with Crippen LogP contribution in [0.3, 0.4) is 0 Å². The SMILES string of the molecule is Cc1ccc(C(=O)Nc2ccc(C3CCN(C(=O)OCOCc4ccccc4)CC3)cc2)cc1Nc1nccc(-c2cccnc2)n1. The monoisotopic (exact) mass is 628 g/mol. The van der Waals surface area contributed by atoms with E-state index in [-0.39, 0.29) is 18.8 Å². The third-order valence-electron chi connectivity index (χ3n) is 8.13. The molecule has 0 saturated carbocycles. The van der Waals surface area contributed by atoms with Crippen LogP contribution in [0.4, 0.5) is 22.1 Å². The third kappa shape index (κ3) is 8.36. The number of pyridine rings is 1. The molecule has 2 N–H and O–H groups in total. The zero-order valence-electron chi connectivity index (χ0n) is 26.1. The molecule has 2 amide bonds. The molecule has 2 aromatic heterocycles. The van der Waals surface area contributed by atoms with Crippen LogP contribution in [0.2, 0.25) is 0 Å². The van der Waals surface area contributed by atoms with Crippen molar-refractivity contribution in [1.29, 1.82) is 0 Å². The molecule has 3 aromatic carbocycles. The average molecular weight is 629 g/mol. The molecule has 3 heterocycles. The lowest BCUT2D eigenvalue weighted by molar-refractivity contribution is -0.0369. The van der Waals surface area contributed by atoms with Crippen LogP contribution in [0.1, 0.15) is 45.8 Å². The summed E-state index contributed by atoms with van der Waals surface area (Å²) >= 11 is 0. The minimum atomic E-state index is -0.352. The second-order valence-electron chi connectivity index (χ2n) is 11.4. The molecule has 6 rings (SSSR count). The van der Waals surface area contributed by atoms with Crippen LogP contribution in [0.15, 0.2) is 110 Å². The van der Waals surface area contributed by atoms with Crippen molar-refractivity contribution in [3.63, 3.8) is 0 Å². The van der Waals surface area contributed by atoms with E-state index in [2.05, 4.69) is 25.6 Å². The second-order valence-corrected chi connectivity index (χ2v) is 11.4. The van der Waals surface area contributed by atoms with Crippen LogP contribution in [0, 0.1) is 6.92 Å². The summed E-state index contributed by atoms with van der Waals surface area (Å²) in [5, 5.41) is 6.25. The summed E-state index contributed by atoms with van der Waals surface area (Å²) < 4.78 is 10.8. The van der Waals surface area contributed by atoms with Crippen molar-refractivity contribution in [3.8, 4) is 11.3 Å². The van der Waals surface area contributed by atoms with Gasteiger partial charge in [0.1, 0.15) is 0 Å². The fraction of sp³-hybridized carbons (Fsp3) is 0.216. The molecule has 10 nitrogen and oxygen atoms in total. The number of rotatable bonds is 10. The molecule has 47 heavy (non-hydrogen) atoms. The summed E-state index contributed by atoms with van der Waals surface area (Å²) in [5.74, 6) is 0.534. The van der Waals surface area contributed by atoms with E-state index in [1.54, 1.807) is 35.6 Å². The Morgan fingerprint density at radius 3 is 2.49 bits per heavy atom. The van der Waals surface area contributed by atoms with Gasteiger partial charge in [-0.05, 0) is 84.8 Å². The Hall–Kier alpha value is -5.61. The van der Waals surface area contributed by atoms with Gasteiger partial charge in [0, 0.05) is 54.2 Å². The van der Waals surface area contributed by atoms with E-state index in [0.29, 0.717) is 42.8 Å². The molecule has 0 bridgehead atoms. The summed E-state index contributed by atoms with van der Waals surface area (Å²) in [6.45, 7) is 3.51. The molecule has 0 unspecified atom stereocenters. The maximum atomic E-state index is 13.2. The lowest BCUT2D eigenvalue weighted by atomic mass is 9.89. The highest BCUT2D eigenvalue weighted by atomic mass is 16.7. The number of nitrogens with one attached hydrogen (secondary N) is 2. The van der Waals surface area contributed by atoms with Gasteiger partial charge in [-0.2, -0.15) is 0 Å². The van der Waals surface area contributed by atoms with E-state index < -0.39 is 0 Å². The quantitative estimate of drug-likeness (QED) is 0.122. The van der Waals surface area contributed by atoms with Gasteiger partial charge in [0.05, 0.1) is 12.3 Å². The van der Waals surface area contributed by atoms with Gasteiger partial charge in [0.15, 0.2) is 6.79 Å². The molecule has 1 saturated heterocycles. The van der Waals surface area contributed by atoms with Gasteiger partial charge < -0.3 is 25.0 Å². The van der Waals surface area contributed by atoms with Gasteiger partial charge in [0.2, 0.25) is 5.95 Å². The van der Waals surface area contributed by atoms with Crippen LogP contribution < -0.4 is 10.6 Å². The highest BCUT2D eigenvalue weighted by Crippen LogP contribution is 2.29. The maximum absolute atomic E-state index is 13.2. The van der Waals surface area contributed by atoms with E-state index >= 15 is 0 Å². The van der Waals surface area contributed by atoms with Gasteiger partial charge in [-0.15, -0.1) is 0 Å². The Bertz CT molecular complexity index is 1790. The van der Waals surface area contributed by atoms with Crippen LogP contribution in [-0.4, -0.2) is 51.7 Å². The molecule has 0 radical (unpaired) electrons. The van der Waals surface area contributed by atoms with Gasteiger partial charge in [0.25, 0.3) is 5.91 Å². The van der Waals surface area contributed by atoms with Crippen LogP contribution in [0.25, 0.3) is 11.3 Å². The summed E-state index contributed by atoms with van der Waals surface area (Å²) in [4.78, 5) is 40.5. The van der Waals surface area contributed by atoms with E-state index in [0.717, 1.165) is 40.9 Å². The number of piperidine rings is 1. The zero-order valence-corrected chi connectivity index (χ0v) is 26.1. The number of amides is 2. The van der Waals surface area contributed by atoms with Gasteiger partial charge >= 0.3 is 6.09 Å². The zero-order chi connectivity index (χ0) is 32.4. The number of aryl methyl sites for hydroxylation is 1. The highest BCUT2D eigenvalue weighted by molar-refractivity contribution is 6.05. The lowest BCUT2D eigenvalue weighted by Gasteiger charge is -2.31. The van der Waals surface area contributed by atoms with E-state index in [1.165, 1.54) is 5.56 Å². The number of nitrogens with zero attached hydrogens (tertiary/aromatic N) is 4. The van der Waals surface area contributed by atoms with Gasteiger partial charge in [-0.3, -0.25) is 9.78 Å². The van der Waals surface area contributed by atoms with E-state index in [4.69, 9.17) is 9.47 Å². The number of carbonyl (C=O) groups excluding carboxylic acids is 2.